The average molecular weight is 324 g/mol. The Bertz CT molecular complexity index is 602. The molecule has 2 aromatic rings. The van der Waals surface area contributed by atoms with Crippen LogP contribution in [0.2, 0.25) is 10.0 Å². The van der Waals surface area contributed by atoms with Crippen molar-refractivity contribution < 1.29 is 9.53 Å². The van der Waals surface area contributed by atoms with Crippen LogP contribution in [0.4, 0.5) is 5.69 Å². The van der Waals surface area contributed by atoms with Crippen LogP contribution in [0.1, 0.15) is 12.8 Å². The second-order valence-corrected chi connectivity index (χ2v) is 5.28. The fraction of sp³-hybridized carbons (Fsp3) is 0.188. The fourth-order valence-electron chi connectivity index (χ4n) is 1.75. The molecule has 1 amide bonds. The number of carbonyl (C=O) groups is 1. The molecular formula is C16H15Cl2NO2. The lowest BCUT2D eigenvalue weighted by Crippen LogP contribution is -2.12. The largest absolute Gasteiger partial charge is 0.492 e. The van der Waals surface area contributed by atoms with Crippen molar-refractivity contribution in [2.75, 3.05) is 11.9 Å². The van der Waals surface area contributed by atoms with E-state index in [2.05, 4.69) is 5.32 Å². The van der Waals surface area contributed by atoms with Crippen LogP contribution in [-0.2, 0) is 4.79 Å². The summed E-state index contributed by atoms with van der Waals surface area (Å²) >= 11 is 11.8. The van der Waals surface area contributed by atoms with Crippen LogP contribution in [-0.4, -0.2) is 12.5 Å². The van der Waals surface area contributed by atoms with Gasteiger partial charge in [-0.15, -0.1) is 0 Å². The van der Waals surface area contributed by atoms with E-state index in [1.807, 2.05) is 30.3 Å². The molecule has 2 rings (SSSR count). The number of para-hydroxylation sites is 1. The predicted octanol–water partition coefficient (Wildman–Crippen LogP) is 4.79. The molecule has 0 radical (unpaired) electrons. The Hall–Kier alpha value is -1.71. The second-order valence-electron chi connectivity index (χ2n) is 4.44. The molecule has 5 heteroatoms. The number of hydrogen-bond donors (Lipinski definition) is 1. The maximum atomic E-state index is 11.7. The molecule has 0 bridgehead atoms. The van der Waals surface area contributed by atoms with E-state index in [1.165, 1.54) is 0 Å². The molecule has 110 valence electrons. The zero-order valence-electron chi connectivity index (χ0n) is 11.3. The first-order valence-electron chi connectivity index (χ1n) is 6.58. The average Bonchev–Trinajstić information content (AvgIpc) is 2.46. The molecule has 21 heavy (non-hydrogen) atoms. The Morgan fingerprint density at radius 3 is 2.57 bits per heavy atom. The summed E-state index contributed by atoms with van der Waals surface area (Å²) in [6.07, 6.45) is 0.998. The molecule has 0 spiro atoms. The smallest absolute Gasteiger partial charge is 0.224 e. The van der Waals surface area contributed by atoms with Gasteiger partial charge in [0, 0.05) is 17.1 Å². The van der Waals surface area contributed by atoms with E-state index >= 15 is 0 Å². The molecule has 0 heterocycles. The van der Waals surface area contributed by atoms with E-state index in [1.54, 1.807) is 18.2 Å². The molecule has 0 aromatic heterocycles. The van der Waals surface area contributed by atoms with Crippen LogP contribution in [0.15, 0.2) is 48.5 Å². The molecule has 0 unspecified atom stereocenters. The summed E-state index contributed by atoms with van der Waals surface area (Å²) < 4.78 is 5.52. The van der Waals surface area contributed by atoms with Crippen LogP contribution in [0.3, 0.4) is 0 Å². The molecule has 0 aliphatic heterocycles. The lowest BCUT2D eigenvalue weighted by atomic mass is 10.2. The van der Waals surface area contributed by atoms with Crippen molar-refractivity contribution in [3.8, 4) is 5.75 Å². The highest BCUT2D eigenvalue weighted by Gasteiger charge is 2.04. The Balaban J connectivity index is 1.71. The highest BCUT2D eigenvalue weighted by Crippen LogP contribution is 2.27. The van der Waals surface area contributed by atoms with Crippen LogP contribution in [0.5, 0.6) is 5.75 Å². The number of amides is 1. The number of anilines is 1. The van der Waals surface area contributed by atoms with Gasteiger partial charge in [0.15, 0.2) is 0 Å². The Morgan fingerprint density at radius 1 is 1.10 bits per heavy atom. The van der Waals surface area contributed by atoms with Gasteiger partial charge in [-0.05, 0) is 36.8 Å². The minimum Gasteiger partial charge on any atom is -0.492 e. The van der Waals surface area contributed by atoms with Gasteiger partial charge < -0.3 is 10.1 Å². The van der Waals surface area contributed by atoms with Gasteiger partial charge in [-0.2, -0.15) is 0 Å². The monoisotopic (exact) mass is 323 g/mol. The lowest BCUT2D eigenvalue weighted by Gasteiger charge is -2.08. The second kappa shape index (κ2) is 7.91. The van der Waals surface area contributed by atoms with Gasteiger partial charge in [0.05, 0.1) is 11.6 Å². The quantitative estimate of drug-likeness (QED) is 0.776. The van der Waals surface area contributed by atoms with Crippen molar-refractivity contribution in [2.24, 2.45) is 0 Å². The van der Waals surface area contributed by atoms with E-state index in [9.17, 15) is 4.79 Å². The highest BCUT2D eigenvalue weighted by atomic mass is 35.5. The van der Waals surface area contributed by atoms with Crippen LogP contribution >= 0.6 is 23.2 Å². The SMILES string of the molecule is O=C(CCCOc1ccc(Cl)cc1Cl)Nc1ccccc1. The molecule has 1 N–H and O–H groups in total. The summed E-state index contributed by atoms with van der Waals surface area (Å²) in [5.74, 6) is 0.538. The molecule has 0 aliphatic carbocycles. The first-order valence-corrected chi connectivity index (χ1v) is 7.33. The Morgan fingerprint density at radius 2 is 1.86 bits per heavy atom. The molecule has 0 fully saturated rings. The van der Waals surface area contributed by atoms with Crippen molar-refractivity contribution >= 4 is 34.8 Å². The minimum absolute atomic E-state index is 0.0352. The van der Waals surface area contributed by atoms with E-state index in [0.29, 0.717) is 35.2 Å². The number of halogens is 2. The number of carbonyl (C=O) groups excluding carboxylic acids is 1. The third-order valence-electron chi connectivity index (χ3n) is 2.76. The van der Waals surface area contributed by atoms with Gasteiger partial charge in [-0.1, -0.05) is 41.4 Å². The standard InChI is InChI=1S/C16H15Cl2NO2/c17-12-8-9-15(14(18)11-12)21-10-4-7-16(20)19-13-5-2-1-3-6-13/h1-3,5-6,8-9,11H,4,7,10H2,(H,19,20). The number of hydrogen-bond acceptors (Lipinski definition) is 2. The van der Waals surface area contributed by atoms with Gasteiger partial charge in [-0.25, -0.2) is 0 Å². The molecule has 0 saturated heterocycles. The third-order valence-corrected chi connectivity index (χ3v) is 3.29. The van der Waals surface area contributed by atoms with Gasteiger partial charge in [-0.3, -0.25) is 4.79 Å². The Kier molecular flexibility index (Phi) is 5.90. The highest BCUT2D eigenvalue weighted by molar-refractivity contribution is 6.35. The molecule has 0 saturated carbocycles. The summed E-state index contributed by atoms with van der Waals surface area (Å²) in [6.45, 7) is 0.420. The maximum Gasteiger partial charge on any atom is 0.224 e. The molecule has 0 aliphatic rings. The van der Waals surface area contributed by atoms with Crippen LogP contribution < -0.4 is 10.1 Å². The van der Waals surface area contributed by atoms with Gasteiger partial charge >= 0.3 is 0 Å². The number of nitrogens with one attached hydrogen (secondary N) is 1. The fourth-order valence-corrected chi connectivity index (χ4v) is 2.22. The summed E-state index contributed by atoms with van der Waals surface area (Å²) in [5.41, 5.74) is 0.796. The van der Waals surface area contributed by atoms with Crippen LogP contribution in [0.25, 0.3) is 0 Å². The van der Waals surface area contributed by atoms with Crippen molar-refractivity contribution in [1.29, 1.82) is 0 Å². The zero-order chi connectivity index (χ0) is 15.1. The molecule has 3 nitrogen and oxygen atoms in total. The van der Waals surface area contributed by atoms with Crippen molar-refractivity contribution in [2.45, 2.75) is 12.8 Å². The molecule has 0 atom stereocenters. The number of benzene rings is 2. The molecule has 2 aromatic carbocycles. The third kappa shape index (κ3) is 5.29. The van der Waals surface area contributed by atoms with Crippen molar-refractivity contribution in [1.82, 2.24) is 0 Å². The topological polar surface area (TPSA) is 38.3 Å². The minimum atomic E-state index is -0.0352. The molecular weight excluding hydrogens is 309 g/mol. The van der Waals surface area contributed by atoms with E-state index in [0.717, 1.165) is 5.69 Å². The van der Waals surface area contributed by atoms with Gasteiger partial charge in [0.1, 0.15) is 5.75 Å². The normalized spacial score (nSPS) is 10.2. The predicted molar refractivity (Wildman–Crippen MR) is 86.3 cm³/mol. The van der Waals surface area contributed by atoms with E-state index in [4.69, 9.17) is 27.9 Å². The maximum absolute atomic E-state index is 11.7. The first kappa shape index (κ1) is 15.7. The van der Waals surface area contributed by atoms with E-state index < -0.39 is 0 Å². The number of rotatable bonds is 6. The van der Waals surface area contributed by atoms with Gasteiger partial charge in [0.2, 0.25) is 5.91 Å². The number of ether oxygens (including phenoxy) is 1. The van der Waals surface area contributed by atoms with E-state index in [-0.39, 0.29) is 5.91 Å². The zero-order valence-corrected chi connectivity index (χ0v) is 12.8. The van der Waals surface area contributed by atoms with Gasteiger partial charge in [0.25, 0.3) is 0 Å². The summed E-state index contributed by atoms with van der Waals surface area (Å²) in [5, 5.41) is 3.85. The van der Waals surface area contributed by atoms with Crippen molar-refractivity contribution in [3.63, 3.8) is 0 Å². The summed E-state index contributed by atoms with van der Waals surface area (Å²) in [6, 6.07) is 14.4. The van der Waals surface area contributed by atoms with Crippen molar-refractivity contribution in [3.05, 3.63) is 58.6 Å². The summed E-state index contributed by atoms with van der Waals surface area (Å²) in [7, 11) is 0. The lowest BCUT2D eigenvalue weighted by molar-refractivity contribution is -0.116. The van der Waals surface area contributed by atoms with Crippen LogP contribution in [0, 0.1) is 0 Å². The first-order chi connectivity index (χ1) is 10.1. The Labute approximate surface area is 133 Å². The summed E-state index contributed by atoms with van der Waals surface area (Å²) in [4.78, 5) is 11.7.